The molecule has 1 aliphatic heterocycles. The minimum Gasteiger partial charge on any atom is -0.480 e. The molecule has 0 amide bonds. The van der Waals surface area contributed by atoms with Gasteiger partial charge in [-0.2, -0.15) is 0 Å². The van der Waals surface area contributed by atoms with E-state index >= 15 is 0 Å². The molecule has 1 aliphatic carbocycles. The first-order valence-corrected chi connectivity index (χ1v) is 6.69. The predicted octanol–water partition coefficient (Wildman–Crippen LogP) is 0.693. The Hall–Kier alpha value is -0.650. The first kappa shape index (κ1) is 13.8. The van der Waals surface area contributed by atoms with Crippen LogP contribution in [0.2, 0.25) is 0 Å². The number of carboxylic acids is 1. The molecule has 0 spiro atoms. The predicted molar refractivity (Wildman–Crippen MR) is 68.7 cm³/mol. The van der Waals surface area contributed by atoms with Crippen LogP contribution in [0.5, 0.6) is 0 Å². The highest BCUT2D eigenvalue weighted by Gasteiger charge is 2.47. The summed E-state index contributed by atoms with van der Waals surface area (Å²) in [5, 5.41) is 12.4. The molecule has 1 saturated carbocycles. The van der Waals surface area contributed by atoms with Crippen LogP contribution in [-0.2, 0) is 9.53 Å². The summed E-state index contributed by atoms with van der Waals surface area (Å²) in [6.45, 7) is 6.72. The van der Waals surface area contributed by atoms with E-state index in [0.29, 0.717) is 18.9 Å². The molecular formula is C13H24N2O3. The van der Waals surface area contributed by atoms with E-state index in [-0.39, 0.29) is 5.60 Å². The topological polar surface area (TPSA) is 61.8 Å². The van der Waals surface area contributed by atoms with Crippen LogP contribution in [0.4, 0.5) is 0 Å². The van der Waals surface area contributed by atoms with Gasteiger partial charge in [0.15, 0.2) is 0 Å². The van der Waals surface area contributed by atoms with Crippen LogP contribution in [0, 0.1) is 0 Å². The van der Waals surface area contributed by atoms with Crippen molar-refractivity contribution in [3.63, 3.8) is 0 Å². The molecule has 2 atom stereocenters. The fourth-order valence-corrected chi connectivity index (χ4v) is 3.22. The Morgan fingerprint density at radius 2 is 2.22 bits per heavy atom. The number of hydrogen-bond acceptors (Lipinski definition) is 4. The maximum absolute atomic E-state index is 11.4. The van der Waals surface area contributed by atoms with Crippen molar-refractivity contribution in [1.29, 1.82) is 0 Å². The van der Waals surface area contributed by atoms with E-state index in [9.17, 15) is 9.90 Å². The molecule has 5 heteroatoms. The molecule has 2 unspecified atom stereocenters. The molecule has 2 rings (SSSR count). The normalized spacial score (nSPS) is 36.7. The van der Waals surface area contributed by atoms with Crippen molar-refractivity contribution >= 4 is 5.97 Å². The molecule has 2 aliphatic rings. The lowest BCUT2D eigenvalue weighted by atomic mass is 9.97. The van der Waals surface area contributed by atoms with Crippen LogP contribution in [0.1, 0.15) is 33.1 Å². The average molecular weight is 256 g/mol. The van der Waals surface area contributed by atoms with Crippen molar-refractivity contribution in [2.75, 3.05) is 26.7 Å². The number of rotatable bonds is 3. The van der Waals surface area contributed by atoms with Gasteiger partial charge in [0.2, 0.25) is 0 Å². The number of carbonyl (C=O) groups is 1. The van der Waals surface area contributed by atoms with Crippen LogP contribution < -0.4 is 5.32 Å². The van der Waals surface area contributed by atoms with E-state index in [2.05, 4.69) is 24.1 Å². The molecular weight excluding hydrogens is 232 g/mol. The van der Waals surface area contributed by atoms with Crippen LogP contribution in [0.25, 0.3) is 0 Å². The van der Waals surface area contributed by atoms with Gasteiger partial charge >= 0.3 is 5.97 Å². The van der Waals surface area contributed by atoms with Crippen molar-refractivity contribution in [3.05, 3.63) is 0 Å². The molecule has 2 N–H and O–H groups in total. The van der Waals surface area contributed by atoms with Gasteiger partial charge in [0.05, 0.1) is 12.2 Å². The third-order valence-electron chi connectivity index (χ3n) is 4.35. The van der Waals surface area contributed by atoms with Gasteiger partial charge in [0.25, 0.3) is 0 Å². The lowest BCUT2D eigenvalue weighted by molar-refractivity contribution is -0.144. The molecule has 104 valence electrons. The second-order valence-electron chi connectivity index (χ2n) is 6.11. The van der Waals surface area contributed by atoms with Crippen molar-refractivity contribution in [1.82, 2.24) is 10.2 Å². The van der Waals surface area contributed by atoms with Gasteiger partial charge in [0, 0.05) is 19.1 Å². The number of aliphatic carboxylic acids is 1. The molecule has 0 bridgehead atoms. The fraction of sp³-hybridized carbons (Fsp3) is 0.923. The van der Waals surface area contributed by atoms with Crippen molar-refractivity contribution in [2.24, 2.45) is 0 Å². The standard InChI is InChI=1S/C13H24N2O3/c1-12(2)9-15(6-7-18-12)10-4-5-13(8-10,14-3)11(16)17/h10,14H,4-9H2,1-3H3,(H,16,17). The average Bonchev–Trinajstić information content (AvgIpc) is 2.73. The van der Waals surface area contributed by atoms with E-state index in [1.165, 1.54) is 0 Å². The van der Waals surface area contributed by atoms with E-state index in [0.717, 1.165) is 26.1 Å². The Bertz CT molecular complexity index is 332. The molecule has 18 heavy (non-hydrogen) atoms. The summed E-state index contributed by atoms with van der Waals surface area (Å²) in [5.74, 6) is -0.722. The smallest absolute Gasteiger partial charge is 0.323 e. The minimum atomic E-state index is -0.729. The second-order valence-corrected chi connectivity index (χ2v) is 6.11. The van der Waals surface area contributed by atoms with E-state index < -0.39 is 11.5 Å². The number of carboxylic acid groups (broad SMARTS) is 1. The zero-order chi connectivity index (χ0) is 13.4. The molecule has 5 nitrogen and oxygen atoms in total. The fourth-order valence-electron chi connectivity index (χ4n) is 3.22. The molecule has 0 aromatic rings. The summed E-state index contributed by atoms with van der Waals surface area (Å²) >= 11 is 0. The summed E-state index contributed by atoms with van der Waals surface area (Å²) in [5.41, 5.74) is -0.848. The number of ether oxygens (including phenoxy) is 1. The summed E-state index contributed by atoms with van der Waals surface area (Å²) < 4.78 is 5.71. The van der Waals surface area contributed by atoms with E-state index in [1.54, 1.807) is 7.05 Å². The maximum Gasteiger partial charge on any atom is 0.323 e. The molecule has 1 saturated heterocycles. The van der Waals surface area contributed by atoms with Crippen LogP contribution in [-0.4, -0.2) is 59.9 Å². The Balaban J connectivity index is 2.02. The van der Waals surface area contributed by atoms with Gasteiger partial charge < -0.3 is 15.2 Å². The highest BCUT2D eigenvalue weighted by atomic mass is 16.5. The van der Waals surface area contributed by atoms with Crippen molar-refractivity contribution < 1.29 is 14.6 Å². The second kappa shape index (κ2) is 4.79. The third kappa shape index (κ3) is 2.53. The van der Waals surface area contributed by atoms with Gasteiger partial charge in [-0.3, -0.25) is 9.69 Å². The molecule has 2 fully saturated rings. The summed E-state index contributed by atoms with van der Waals surface area (Å²) in [6.07, 6.45) is 2.35. The van der Waals surface area contributed by atoms with Crippen molar-refractivity contribution in [2.45, 2.75) is 50.3 Å². The van der Waals surface area contributed by atoms with Crippen LogP contribution >= 0.6 is 0 Å². The maximum atomic E-state index is 11.4. The first-order chi connectivity index (χ1) is 8.38. The van der Waals surface area contributed by atoms with Gasteiger partial charge in [-0.15, -0.1) is 0 Å². The monoisotopic (exact) mass is 256 g/mol. The summed E-state index contributed by atoms with van der Waals surface area (Å²) in [4.78, 5) is 13.8. The van der Waals surface area contributed by atoms with Gasteiger partial charge in [-0.25, -0.2) is 0 Å². The SMILES string of the molecule is CNC1(C(=O)O)CCC(N2CCOC(C)(C)C2)C1. The third-order valence-corrected chi connectivity index (χ3v) is 4.35. The van der Waals surface area contributed by atoms with Gasteiger partial charge in [-0.05, 0) is 40.2 Å². The summed E-state index contributed by atoms with van der Waals surface area (Å²) in [6, 6.07) is 0.358. The van der Waals surface area contributed by atoms with E-state index in [4.69, 9.17) is 4.74 Å². The molecule has 1 heterocycles. The van der Waals surface area contributed by atoms with Gasteiger partial charge in [-0.1, -0.05) is 0 Å². The number of nitrogens with zero attached hydrogens (tertiary/aromatic N) is 1. The zero-order valence-electron chi connectivity index (χ0n) is 11.5. The Morgan fingerprint density at radius 3 is 2.72 bits per heavy atom. The largest absolute Gasteiger partial charge is 0.480 e. The number of nitrogens with one attached hydrogen (secondary N) is 1. The zero-order valence-corrected chi connectivity index (χ0v) is 11.5. The number of hydrogen-bond donors (Lipinski definition) is 2. The first-order valence-electron chi connectivity index (χ1n) is 6.69. The Labute approximate surface area is 108 Å². The van der Waals surface area contributed by atoms with Crippen molar-refractivity contribution in [3.8, 4) is 0 Å². The highest BCUT2D eigenvalue weighted by Crippen LogP contribution is 2.34. The lowest BCUT2D eigenvalue weighted by Crippen LogP contribution is -2.54. The Kier molecular flexibility index (Phi) is 3.67. The molecule has 0 radical (unpaired) electrons. The minimum absolute atomic E-state index is 0.119. The highest BCUT2D eigenvalue weighted by molar-refractivity contribution is 5.79. The summed E-state index contributed by atoms with van der Waals surface area (Å²) in [7, 11) is 1.75. The molecule has 0 aromatic heterocycles. The number of morpholine rings is 1. The van der Waals surface area contributed by atoms with Crippen LogP contribution in [0.3, 0.4) is 0 Å². The van der Waals surface area contributed by atoms with Gasteiger partial charge in [0.1, 0.15) is 5.54 Å². The lowest BCUT2D eigenvalue weighted by Gasteiger charge is -2.41. The quantitative estimate of drug-likeness (QED) is 0.778. The van der Waals surface area contributed by atoms with Crippen LogP contribution in [0.15, 0.2) is 0 Å². The Morgan fingerprint density at radius 1 is 1.50 bits per heavy atom. The van der Waals surface area contributed by atoms with E-state index in [1.807, 2.05) is 0 Å². The number of likely N-dealkylation sites (N-methyl/N-ethyl adjacent to an activating group) is 1. The molecule has 0 aromatic carbocycles.